The summed E-state index contributed by atoms with van der Waals surface area (Å²) in [6.45, 7) is 2.99. The molecule has 0 spiro atoms. The molecule has 1 aliphatic carbocycles. The van der Waals surface area contributed by atoms with Crippen LogP contribution in [0, 0.1) is 5.82 Å². The van der Waals surface area contributed by atoms with Gasteiger partial charge in [-0.3, -0.25) is 9.69 Å². The fourth-order valence-electron chi connectivity index (χ4n) is 4.42. The van der Waals surface area contributed by atoms with E-state index in [1.54, 1.807) is 4.57 Å². The first kappa shape index (κ1) is 22.5. The molecule has 1 aromatic heterocycles. The molecule has 4 rings (SSSR count). The molecule has 32 heavy (non-hydrogen) atoms. The predicted molar refractivity (Wildman–Crippen MR) is 116 cm³/mol. The number of fused-ring (bicyclic) bond motifs is 1. The first-order valence-electron chi connectivity index (χ1n) is 10.7. The number of piperazine rings is 1. The lowest BCUT2D eigenvalue weighted by atomic mass is 10.1. The number of aliphatic hydroxyl groups excluding tert-OH is 1. The van der Waals surface area contributed by atoms with Crippen molar-refractivity contribution in [3.63, 3.8) is 0 Å². The van der Waals surface area contributed by atoms with Crippen LogP contribution in [0.2, 0.25) is 0 Å². The van der Waals surface area contributed by atoms with Gasteiger partial charge >= 0.3 is 5.97 Å². The Morgan fingerprint density at radius 1 is 1.25 bits per heavy atom. The Labute approximate surface area is 184 Å². The summed E-state index contributed by atoms with van der Waals surface area (Å²) >= 11 is 0. The van der Waals surface area contributed by atoms with Crippen LogP contribution < -0.4 is 15.1 Å². The molecule has 1 aromatic carbocycles. The van der Waals surface area contributed by atoms with Gasteiger partial charge < -0.3 is 29.2 Å². The summed E-state index contributed by atoms with van der Waals surface area (Å²) < 4.78 is 27.7. The molecular weight excluding hydrogens is 421 g/mol. The number of pyridine rings is 1. The number of aromatic nitrogens is 1. The first-order valence-corrected chi connectivity index (χ1v) is 10.7. The number of benzene rings is 1. The molecule has 2 aliphatic rings. The smallest absolute Gasteiger partial charge is 0.341 e. The van der Waals surface area contributed by atoms with Gasteiger partial charge in [0.1, 0.15) is 11.3 Å². The van der Waals surface area contributed by atoms with Crippen molar-refractivity contribution in [1.29, 1.82) is 0 Å². The average Bonchev–Trinajstić information content (AvgIpc) is 3.59. The molecule has 2 aromatic rings. The van der Waals surface area contributed by atoms with Crippen molar-refractivity contribution in [2.45, 2.75) is 25.0 Å². The third-order valence-electron chi connectivity index (χ3n) is 6.09. The normalized spacial score (nSPS) is 18.2. The summed E-state index contributed by atoms with van der Waals surface area (Å²) in [6.07, 6.45) is 2.48. The molecule has 174 valence electrons. The molecule has 2 heterocycles. The summed E-state index contributed by atoms with van der Waals surface area (Å²) in [5.74, 6) is -1.71. The van der Waals surface area contributed by atoms with Crippen molar-refractivity contribution in [2.75, 3.05) is 58.5 Å². The van der Waals surface area contributed by atoms with Gasteiger partial charge in [0.15, 0.2) is 11.6 Å². The van der Waals surface area contributed by atoms with Crippen LogP contribution >= 0.6 is 0 Å². The maximum Gasteiger partial charge on any atom is 0.341 e. The molecule has 9 nitrogen and oxygen atoms in total. The number of aromatic carboxylic acids is 1. The zero-order valence-corrected chi connectivity index (χ0v) is 18.2. The standard InChI is InChI=1S/C22H28FN3O6/c1-31-12-14(27)10-24-5-7-25(8-6-24)19-17(23)9-15-18(21(19)32-2)26(13-3-4-13)11-16(20(15)28)22(29)30/h9,11,13-14,27H,3-8,10,12H2,1-2H3,(H,29,30). The minimum Gasteiger partial charge on any atom is -0.492 e. The number of aliphatic hydroxyl groups is 1. The van der Waals surface area contributed by atoms with Crippen LogP contribution in [0.5, 0.6) is 5.75 Å². The van der Waals surface area contributed by atoms with Gasteiger partial charge in [-0.15, -0.1) is 0 Å². The fraction of sp³-hybridized carbons (Fsp3) is 0.545. The second-order valence-electron chi connectivity index (χ2n) is 8.35. The molecule has 10 heteroatoms. The van der Waals surface area contributed by atoms with Crippen molar-refractivity contribution in [2.24, 2.45) is 0 Å². The second kappa shape index (κ2) is 9.05. The average molecular weight is 449 g/mol. The summed E-state index contributed by atoms with van der Waals surface area (Å²) in [5, 5.41) is 19.4. The van der Waals surface area contributed by atoms with E-state index in [4.69, 9.17) is 9.47 Å². The van der Waals surface area contributed by atoms with Gasteiger partial charge in [0.25, 0.3) is 0 Å². The SMILES string of the molecule is COCC(O)CN1CCN(c2c(F)cc3c(=O)c(C(=O)O)cn(C4CC4)c3c2OC)CC1. The number of halogens is 1. The lowest BCUT2D eigenvalue weighted by molar-refractivity contribution is 0.0364. The highest BCUT2D eigenvalue weighted by molar-refractivity contribution is 5.97. The van der Waals surface area contributed by atoms with E-state index in [9.17, 15) is 19.8 Å². The minimum atomic E-state index is -1.33. The summed E-state index contributed by atoms with van der Waals surface area (Å²) in [4.78, 5) is 28.3. The number of carbonyl (C=O) groups is 1. The van der Waals surface area contributed by atoms with Crippen LogP contribution in [0.1, 0.15) is 29.2 Å². The van der Waals surface area contributed by atoms with Crippen LogP contribution in [-0.2, 0) is 4.74 Å². The quantitative estimate of drug-likeness (QED) is 0.622. The van der Waals surface area contributed by atoms with E-state index in [-0.39, 0.29) is 35.0 Å². The number of ether oxygens (including phenoxy) is 2. The first-order chi connectivity index (χ1) is 15.3. The van der Waals surface area contributed by atoms with Gasteiger partial charge in [-0.1, -0.05) is 0 Å². The number of nitrogens with zero attached hydrogens (tertiary/aromatic N) is 3. The molecular formula is C22H28FN3O6. The maximum atomic E-state index is 15.3. The molecule has 2 N–H and O–H groups in total. The molecule has 1 saturated heterocycles. The number of β-amino-alcohol motifs (C(OH)–C–C–N with tert-alkyl or cyclic N) is 1. The highest BCUT2D eigenvalue weighted by atomic mass is 19.1. The summed E-state index contributed by atoms with van der Waals surface area (Å²) in [5.41, 5.74) is -0.389. The van der Waals surface area contributed by atoms with Crippen molar-refractivity contribution < 1.29 is 28.9 Å². The molecule has 1 aliphatic heterocycles. The third-order valence-corrected chi connectivity index (χ3v) is 6.09. The Bertz CT molecular complexity index is 1080. The largest absolute Gasteiger partial charge is 0.492 e. The Kier molecular flexibility index (Phi) is 6.36. The van der Waals surface area contributed by atoms with E-state index >= 15 is 4.39 Å². The van der Waals surface area contributed by atoms with E-state index in [0.717, 1.165) is 18.9 Å². The number of anilines is 1. The molecule has 1 atom stereocenters. The number of carboxylic acid groups (broad SMARTS) is 1. The summed E-state index contributed by atoms with van der Waals surface area (Å²) in [6, 6.07) is 1.19. The fourth-order valence-corrected chi connectivity index (χ4v) is 4.42. The van der Waals surface area contributed by atoms with E-state index in [1.165, 1.54) is 20.4 Å². The van der Waals surface area contributed by atoms with Crippen molar-refractivity contribution in [3.8, 4) is 5.75 Å². The molecule has 0 bridgehead atoms. The highest BCUT2D eigenvalue weighted by Gasteiger charge is 2.32. The van der Waals surface area contributed by atoms with Crippen LogP contribution in [0.25, 0.3) is 10.9 Å². The van der Waals surface area contributed by atoms with Crippen LogP contribution in [0.4, 0.5) is 10.1 Å². The number of carboxylic acids is 1. The molecule has 0 radical (unpaired) electrons. The van der Waals surface area contributed by atoms with E-state index in [1.807, 2.05) is 4.90 Å². The maximum absolute atomic E-state index is 15.3. The lowest BCUT2D eigenvalue weighted by Gasteiger charge is -2.37. The topological polar surface area (TPSA) is 104 Å². The minimum absolute atomic E-state index is 0.0104. The van der Waals surface area contributed by atoms with Gasteiger partial charge in [-0.25, -0.2) is 9.18 Å². The van der Waals surface area contributed by atoms with Crippen molar-refractivity contribution in [3.05, 3.63) is 33.9 Å². The Morgan fingerprint density at radius 2 is 1.94 bits per heavy atom. The Morgan fingerprint density at radius 3 is 2.50 bits per heavy atom. The molecule has 0 amide bonds. The van der Waals surface area contributed by atoms with Gasteiger partial charge in [0.05, 0.1) is 30.7 Å². The number of hydrogen-bond acceptors (Lipinski definition) is 7. The van der Waals surface area contributed by atoms with Crippen LogP contribution in [0.15, 0.2) is 17.1 Å². The lowest BCUT2D eigenvalue weighted by Crippen LogP contribution is -2.49. The number of rotatable bonds is 8. The van der Waals surface area contributed by atoms with Crippen molar-refractivity contribution >= 4 is 22.6 Å². The van der Waals surface area contributed by atoms with Gasteiger partial charge in [0.2, 0.25) is 5.43 Å². The Balaban J connectivity index is 1.73. The predicted octanol–water partition coefficient (Wildman–Crippen LogP) is 1.31. The molecule has 1 saturated carbocycles. The second-order valence-corrected chi connectivity index (χ2v) is 8.35. The van der Waals surface area contributed by atoms with Gasteiger partial charge in [-0.2, -0.15) is 0 Å². The van der Waals surface area contributed by atoms with E-state index < -0.39 is 23.3 Å². The van der Waals surface area contributed by atoms with E-state index in [0.29, 0.717) is 38.2 Å². The highest BCUT2D eigenvalue weighted by Crippen LogP contribution is 2.43. The zero-order valence-electron chi connectivity index (χ0n) is 18.2. The third kappa shape index (κ3) is 4.17. The molecule has 2 fully saturated rings. The van der Waals surface area contributed by atoms with Crippen LogP contribution in [0.3, 0.4) is 0 Å². The summed E-state index contributed by atoms with van der Waals surface area (Å²) in [7, 11) is 2.97. The van der Waals surface area contributed by atoms with Gasteiger partial charge in [0, 0.05) is 52.1 Å². The van der Waals surface area contributed by atoms with E-state index in [2.05, 4.69) is 4.90 Å². The zero-order chi connectivity index (χ0) is 23.0. The monoisotopic (exact) mass is 449 g/mol. The number of hydrogen-bond donors (Lipinski definition) is 2. The Hall–Kier alpha value is -2.69. The van der Waals surface area contributed by atoms with Gasteiger partial charge in [-0.05, 0) is 18.9 Å². The van der Waals surface area contributed by atoms with Crippen LogP contribution in [-0.4, -0.2) is 85.3 Å². The number of methoxy groups -OCH3 is 2. The molecule has 1 unspecified atom stereocenters. The van der Waals surface area contributed by atoms with Crippen molar-refractivity contribution in [1.82, 2.24) is 9.47 Å².